The molecule has 0 spiro atoms. The molecule has 28 heavy (non-hydrogen) atoms. The first-order chi connectivity index (χ1) is 13.3. The number of carbonyl (C=O) groups is 2. The van der Waals surface area contributed by atoms with E-state index in [9.17, 15) is 14.7 Å². The molecule has 8 heteroatoms. The van der Waals surface area contributed by atoms with Crippen molar-refractivity contribution in [3.05, 3.63) is 59.7 Å². The number of rotatable bonds is 8. The van der Waals surface area contributed by atoms with Crippen LogP contribution in [-0.4, -0.2) is 41.5 Å². The number of ether oxygens (including phenoxy) is 3. The lowest BCUT2D eigenvalue weighted by atomic mass is 10.1. The van der Waals surface area contributed by atoms with Crippen molar-refractivity contribution < 1.29 is 39.1 Å². The second kappa shape index (κ2) is 9.13. The molecule has 3 N–H and O–H groups in total. The summed E-state index contributed by atoms with van der Waals surface area (Å²) in [5.41, 5.74) is 0.913. The number of aromatic hydroxyl groups is 1. The third-order valence-electron chi connectivity index (χ3n) is 3.54. The van der Waals surface area contributed by atoms with Gasteiger partial charge in [0.2, 0.25) is 0 Å². The van der Waals surface area contributed by atoms with Crippen molar-refractivity contribution in [1.82, 2.24) is 0 Å². The maximum Gasteiger partial charge on any atom is 0.332 e. The van der Waals surface area contributed by atoms with Crippen LogP contribution in [-0.2, 0) is 9.59 Å². The first-order valence-corrected chi connectivity index (χ1v) is 7.93. The Kier molecular flexibility index (Phi) is 6.64. The van der Waals surface area contributed by atoms with Crippen LogP contribution in [0, 0.1) is 0 Å². The quantitative estimate of drug-likeness (QED) is 0.467. The Morgan fingerprint density at radius 3 is 2.21 bits per heavy atom. The van der Waals surface area contributed by atoms with Gasteiger partial charge in [-0.25, -0.2) is 9.59 Å². The van der Waals surface area contributed by atoms with Crippen molar-refractivity contribution in [1.29, 1.82) is 0 Å². The monoisotopic (exact) mass is 386 g/mol. The third kappa shape index (κ3) is 5.28. The van der Waals surface area contributed by atoms with Crippen LogP contribution in [0.15, 0.2) is 48.6 Å². The molecule has 0 aliphatic carbocycles. The van der Waals surface area contributed by atoms with Gasteiger partial charge in [0.1, 0.15) is 5.76 Å². The average molecular weight is 386 g/mol. The summed E-state index contributed by atoms with van der Waals surface area (Å²) in [6.07, 6.45) is 3.23. The molecule has 0 radical (unpaired) electrons. The molecular formula is C20H18O8. The molecule has 0 heterocycles. The zero-order chi connectivity index (χ0) is 20.7. The predicted octanol–water partition coefficient (Wildman–Crippen LogP) is 3.01. The summed E-state index contributed by atoms with van der Waals surface area (Å²) in [4.78, 5) is 21.9. The van der Waals surface area contributed by atoms with Crippen molar-refractivity contribution in [3.63, 3.8) is 0 Å². The molecule has 0 amide bonds. The molecule has 0 saturated heterocycles. The van der Waals surface area contributed by atoms with Gasteiger partial charge in [-0.1, -0.05) is 6.07 Å². The molecule has 0 saturated carbocycles. The van der Waals surface area contributed by atoms with Crippen LogP contribution in [0.25, 0.3) is 11.8 Å². The smallest absolute Gasteiger partial charge is 0.332 e. The Hall–Kier alpha value is -3.94. The fraction of sp³-hybridized carbons (Fsp3) is 0.100. The van der Waals surface area contributed by atoms with E-state index in [4.69, 9.17) is 24.4 Å². The van der Waals surface area contributed by atoms with Gasteiger partial charge < -0.3 is 29.5 Å². The molecule has 2 aromatic rings. The van der Waals surface area contributed by atoms with E-state index < -0.39 is 11.9 Å². The van der Waals surface area contributed by atoms with E-state index in [1.54, 1.807) is 12.1 Å². The Labute approximate surface area is 160 Å². The van der Waals surface area contributed by atoms with E-state index in [0.29, 0.717) is 11.1 Å². The van der Waals surface area contributed by atoms with Crippen molar-refractivity contribution in [2.75, 3.05) is 14.2 Å². The molecular weight excluding hydrogens is 368 g/mol. The molecule has 0 aromatic heterocycles. The molecule has 0 fully saturated rings. The first-order valence-electron chi connectivity index (χ1n) is 7.93. The predicted molar refractivity (Wildman–Crippen MR) is 101 cm³/mol. The average Bonchev–Trinajstić information content (AvgIpc) is 2.66. The lowest BCUT2D eigenvalue weighted by Gasteiger charge is -2.14. The van der Waals surface area contributed by atoms with Crippen LogP contribution in [0.3, 0.4) is 0 Å². The Morgan fingerprint density at radius 2 is 1.61 bits per heavy atom. The highest BCUT2D eigenvalue weighted by molar-refractivity contribution is 5.89. The number of hydrogen-bond donors (Lipinski definition) is 3. The van der Waals surface area contributed by atoms with Crippen molar-refractivity contribution in [3.8, 4) is 23.0 Å². The van der Waals surface area contributed by atoms with E-state index in [0.717, 1.165) is 12.2 Å². The molecule has 0 aliphatic rings. The summed E-state index contributed by atoms with van der Waals surface area (Å²) >= 11 is 0. The zero-order valence-electron chi connectivity index (χ0n) is 15.1. The second-order valence-electron chi connectivity index (χ2n) is 5.42. The summed E-state index contributed by atoms with van der Waals surface area (Å²) in [5, 5.41) is 27.6. The molecule has 2 rings (SSSR count). The van der Waals surface area contributed by atoms with Crippen LogP contribution >= 0.6 is 0 Å². The van der Waals surface area contributed by atoms with Gasteiger partial charge in [0.25, 0.3) is 0 Å². The van der Waals surface area contributed by atoms with Gasteiger partial charge in [0, 0.05) is 11.6 Å². The summed E-state index contributed by atoms with van der Waals surface area (Å²) in [7, 11) is 2.77. The van der Waals surface area contributed by atoms with E-state index in [2.05, 4.69) is 0 Å². The fourth-order valence-corrected chi connectivity index (χ4v) is 2.27. The molecule has 0 atom stereocenters. The standard InChI is InChI=1S/C20H18O8/c1-26-17-10-13(5-6-14(17)21)16(11-20(24)25)28-15-7-3-12(4-8-19(22)23)9-18(15)27-2/h3-11,21H,1-2H3,(H,22,23)(H,24,25)/b8-4+,16-11-. The number of benzene rings is 2. The highest BCUT2D eigenvalue weighted by Crippen LogP contribution is 2.34. The van der Waals surface area contributed by atoms with E-state index in [-0.39, 0.29) is 28.8 Å². The number of methoxy groups -OCH3 is 2. The lowest BCUT2D eigenvalue weighted by Crippen LogP contribution is -2.01. The summed E-state index contributed by atoms with van der Waals surface area (Å²) in [5.74, 6) is -1.80. The van der Waals surface area contributed by atoms with E-state index in [1.807, 2.05) is 0 Å². The lowest BCUT2D eigenvalue weighted by molar-refractivity contribution is -0.132. The van der Waals surface area contributed by atoms with Gasteiger partial charge in [-0.05, 0) is 42.0 Å². The van der Waals surface area contributed by atoms with Crippen LogP contribution in [0.5, 0.6) is 23.0 Å². The third-order valence-corrected chi connectivity index (χ3v) is 3.54. The largest absolute Gasteiger partial charge is 0.504 e. The number of carboxylic acid groups (broad SMARTS) is 2. The van der Waals surface area contributed by atoms with Gasteiger partial charge in [-0.2, -0.15) is 0 Å². The number of carboxylic acids is 2. The maximum atomic E-state index is 11.2. The van der Waals surface area contributed by atoms with Crippen LogP contribution in [0.2, 0.25) is 0 Å². The van der Waals surface area contributed by atoms with Gasteiger partial charge in [-0.15, -0.1) is 0 Å². The van der Waals surface area contributed by atoms with Crippen molar-refractivity contribution >= 4 is 23.8 Å². The number of phenols is 1. The second-order valence-corrected chi connectivity index (χ2v) is 5.42. The van der Waals surface area contributed by atoms with Gasteiger partial charge in [0.05, 0.1) is 20.3 Å². The van der Waals surface area contributed by atoms with Gasteiger partial charge in [0.15, 0.2) is 23.0 Å². The minimum atomic E-state index is -1.23. The number of phenolic OH excluding ortho intramolecular Hbond substituents is 1. The van der Waals surface area contributed by atoms with Gasteiger partial charge >= 0.3 is 11.9 Å². The Bertz CT molecular complexity index is 943. The topological polar surface area (TPSA) is 123 Å². The molecule has 8 nitrogen and oxygen atoms in total. The van der Waals surface area contributed by atoms with E-state index in [1.165, 1.54) is 44.6 Å². The Morgan fingerprint density at radius 1 is 0.893 bits per heavy atom. The van der Waals surface area contributed by atoms with Crippen molar-refractivity contribution in [2.24, 2.45) is 0 Å². The zero-order valence-corrected chi connectivity index (χ0v) is 15.1. The molecule has 0 bridgehead atoms. The molecule has 2 aromatic carbocycles. The highest BCUT2D eigenvalue weighted by atomic mass is 16.5. The number of aliphatic carboxylic acids is 2. The normalized spacial score (nSPS) is 11.3. The molecule has 146 valence electrons. The summed E-state index contributed by atoms with van der Waals surface area (Å²) in [6.45, 7) is 0. The van der Waals surface area contributed by atoms with Crippen LogP contribution in [0.1, 0.15) is 11.1 Å². The van der Waals surface area contributed by atoms with Crippen molar-refractivity contribution in [2.45, 2.75) is 0 Å². The minimum Gasteiger partial charge on any atom is -0.504 e. The maximum absolute atomic E-state index is 11.2. The summed E-state index contributed by atoms with van der Waals surface area (Å²) in [6, 6.07) is 8.92. The SMILES string of the molecule is COc1cc(/C(=C/C(=O)O)Oc2ccc(/C=C/C(=O)O)cc2OC)ccc1O. The fourth-order valence-electron chi connectivity index (χ4n) is 2.27. The minimum absolute atomic E-state index is 0.0158. The Balaban J connectivity index is 2.43. The van der Waals surface area contributed by atoms with Gasteiger partial charge in [-0.3, -0.25) is 0 Å². The summed E-state index contributed by atoms with van der Waals surface area (Å²) < 4.78 is 16.0. The molecule has 0 unspecified atom stereocenters. The van der Waals surface area contributed by atoms with Crippen LogP contribution in [0.4, 0.5) is 0 Å². The van der Waals surface area contributed by atoms with Crippen LogP contribution < -0.4 is 14.2 Å². The highest BCUT2D eigenvalue weighted by Gasteiger charge is 2.14. The molecule has 0 aliphatic heterocycles. The van der Waals surface area contributed by atoms with E-state index >= 15 is 0 Å². The number of hydrogen-bond acceptors (Lipinski definition) is 6. The first kappa shape index (κ1) is 20.4.